The molecule has 0 saturated carbocycles. The lowest BCUT2D eigenvalue weighted by Crippen LogP contribution is -2.20. The van der Waals surface area contributed by atoms with Gasteiger partial charge in [-0.25, -0.2) is 24.2 Å². The highest BCUT2D eigenvalue weighted by Gasteiger charge is 2.28. The van der Waals surface area contributed by atoms with Crippen molar-refractivity contribution in [1.29, 1.82) is 0 Å². The number of aliphatic imine (C=N–C) groups is 4. The van der Waals surface area contributed by atoms with Crippen molar-refractivity contribution >= 4 is 24.3 Å². The first-order valence-electron chi connectivity index (χ1n) is 4.05. The third-order valence-corrected chi connectivity index (χ3v) is 1.52. The molecule has 0 aliphatic carbocycles. The van der Waals surface area contributed by atoms with Crippen molar-refractivity contribution in [3.05, 3.63) is 0 Å². The molecular weight excluding hydrogens is 216 g/mol. The van der Waals surface area contributed by atoms with Crippen LogP contribution in [0.3, 0.4) is 0 Å². The quantitative estimate of drug-likeness (QED) is 0.335. The van der Waals surface area contributed by atoms with E-state index in [0.29, 0.717) is 0 Å². The number of rotatable bonds is 7. The lowest BCUT2D eigenvalue weighted by Gasteiger charge is -2.13. The van der Waals surface area contributed by atoms with Crippen LogP contribution in [0, 0.1) is 0 Å². The number of carbonyl (C=O) groups excluding carboxylic acids is 4. The van der Waals surface area contributed by atoms with Gasteiger partial charge >= 0.3 is 0 Å². The molecule has 16 heavy (non-hydrogen) atoms. The largest absolute Gasteiger partial charge is 0.277 e. The third kappa shape index (κ3) is 4.67. The molecule has 0 radical (unpaired) electrons. The van der Waals surface area contributed by atoms with E-state index in [1.807, 2.05) is 0 Å². The minimum absolute atomic E-state index is 0.0715. The van der Waals surface area contributed by atoms with E-state index in [0.717, 1.165) is 18.2 Å². The molecule has 0 spiro atoms. The van der Waals surface area contributed by atoms with Crippen LogP contribution in [0.5, 0.6) is 0 Å². The van der Waals surface area contributed by atoms with Gasteiger partial charge < -0.3 is 0 Å². The number of nitrogens with zero attached hydrogens (tertiary/aromatic N) is 4. The fourth-order valence-electron chi connectivity index (χ4n) is 0.903. The standard InChI is InChI=1S/C8H6N4O4/c13-4-9-3-1-2-8(10-5-14,11-6-15)12-7-16/h1-3H2. The second-order valence-electron chi connectivity index (χ2n) is 2.46. The van der Waals surface area contributed by atoms with Gasteiger partial charge in [0.2, 0.25) is 24.3 Å². The van der Waals surface area contributed by atoms with Gasteiger partial charge in [-0.3, -0.25) is 0 Å². The highest BCUT2D eigenvalue weighted by atomic mass is 16.1. The van der Waals surface area contributed by atoms with E-state index >= 15 is 0 Å². The van der Waals surface area contributed by atoms with E-state index in [2.05, 4.69) is 20.0 Å². The van der Waals surface area contributed by atoms with Gasteiger partial charge in [-0.1, -0.05) is 0 Å². The summed E-state index contributed by atoms with van der Waals surface area (Å²) in [6.07, 6.45) is 4.87. The van der Waals surface area contributed by atoms with Crippen molar-refractivity contribution in [2.24, 2.45) is 20.0 Å². The SMILES string of the molecule is O=C=NCCCC(N=C=O)(N=C=O)N=C=O. The molecule has 0 aromatic rings. The summed E-state index contributed by atoms with van der Waals surface area (Å²) < 4.78 is 0. The molecule has 0 saturated heterocycles. The molecule has 0 rings (SSSR count). The van der Waals surface area contributed by atoms with Crippen molar-refractivity contribution in [2.45, 2.75) is 18.6 Å². The minimum Gasteiger partial charge on any atom is -0.211 e. The van der Waals surface area contributed by atoms with E-state index in [9.17, 15) is 19.2 Å². The molecule has 0 aliphatic heterocycles. The molecule has 8 heteroatoms. The van der Waals surface area contributed by atoms with Gasteiger partial charge in [-0.15, -0.1) is 0 Å². The predicted octanol–water partition coefficient (Wildman–Crippen LogP) is -0.236. The van der Waals surface area contributed by atoms with E-state index in [4.69, 9.17) is 0 Å². The van der Waals surface area contributed by atoms with Gasteiger partial charge in [0, 0.05) is 6.42 Å². The van der Waals surface area contributed by atoms with Crippen LogP contribution in [0.4, 0.5) is 0 Å². The number of isocyanates is 4. The fraction of sp³-hybridized carbons (Fsp3) is 0.500. The molecule has 0 heterocycles. The Kier molecular flexibility index (Phi) is 6.66. The van der Waals surface area contributed by atoms with Crippen molar-refractivity contribution in [2.75, 3.05) is 6.54 Å². The van der Waals surface area contributed by atoms with E-state index in [-0.39, 0.29) is 19.4 Å². The fourth-order valence-corrected chi connectivity index (χ4v) is 0.903. The Morgan fingerprint density at radius 3 is 1.69 bits per heavy atom. The summed E-state index contributed by atoms with van der Waals surface area (Å²) in [5.41, 5.74) is 0. The van der Waals surface area contributed by atoms with Gasteiger partial charge in [-0.05, 0) is 6.42 Å². The van der Waals surface area contributed by atoms with Gasteiger partial charge in [-0.2, -0.15) is 15.0 Å². The Hall–Kier alpha value is -2.48. The van der Waals surface area contributed by atoms with Crippen LogP contribution in [0.2, 0.25) is 0 Å². The maximum atomic E-state index is 10.1. The van der Waals surface area contributed by atoms with E-state index < -0.39 is 5.79 Å². The lowest BCUT2D eigenvalue weighted by atomic mass is 10.2. The summed E-state index contributed by atoms with van der Waals surface area (Å²) in [6.45, 7) is 0.0857. The smallest absolute Gasteiger partial charge is 0.211 e. The first-order valence-corrected chi connectivity index (χ1v) is 4.05. The average Bonchev–Trinajstić information content (AvgIpc) is 2.26. The maximum absolute atomic E-state index is 10.1. The Morgan fingerprint density at radius 2 is 1.31 bits per heavy atom. The summed E-state index contributed by atoms with van der Waals surface area (Å²) in [7, 11) is 0. The minimum atomic E-state index is -1.89. The summed E-state index contributed by atoms with van der Waals surface area (Å²) in [5, 5.41) is 0. The van der Waals surface area contributed by atoms with Crippen LogP contribution in [0.25, 0.3) is 0 Å². The van der Waals surface area contributed by atoms with Crippen LogP contribution in [0.1, 0.15) is 12.8 Å². The van der Waals surface area contributed by atoms with Crippen LogP contribution >= 0.6 is 0 Å². The second kappa shape index (κ2) is 7.88. The van der Waals surface area contributed by atoms with E-state index in [1.165, 1.54) is 6.08 Å². The first-order chi connectivity index (χ1) is 7.74. The molecule has 0 aromatic heterocycles. The molecule has 0 bridgehead atoms. The zero-order chi connectivity index (χ0) is 12.3. The molecular formula is C8H6N4O4. The highest BCUT2D eigenvalue weighted by molar-refractivity contribution is 5.42. The molecule has 0 amide bonds. The molecule has 8 nitrogen and oxygen atoms in total. The van der Waals surface area contributed by atoms with Gasteiger partial charge in [0.15, 0.2) is 0 Å². The molecule has 0 atom stereocenters. The molecule has 0 aliphatic rings. The van der Waals surface area contributed by atoms with Crippen LogP contribution in [-0.4, -0.2) is 36.7 Å². The van der Waals surface area contributed by atoms with Gasteiger partial charge in [0.05, 0.1) is 6.54 Å². The summed E-state index contributed by atoms with van der Waals surface area (Å²) in [5.74, 6) is -1.89. The average molecular weight is 222 g/mol. The van der Waals surface area contributed by atoms with E-state index in [1.54, 1.807) is 0 Å². The molecule has 0 N–H and O–H groups in total. The number of hydrogen-bond donors (Lipinski definition) is 0. The van der Waals surface area contributed by atoms with Gasteiger partial charge in [0.25, 0.3) is 5.79 Å². The predicted molar refractivity (Wildman–Crippen MR) is 49.3 cm³/mol. The maximum Gasteiger partial charge on any atom is 0.277 e. The Labute approximate surface area is 89.5 Å². The van der Waals surface area contributed by atoms with Crippen molar-refractivity contribution in [3.63, 3.8) is 0 Å². The van der Waals surface area contributed by atoms with Crippen LogP contribution < -0.4 is 0 Å². The van der Waals surface area contributed by atoms with Crippen molar-refractivity contribution in [3.8, 4) is 0 Å². The molecule has 0 unspecified atom stereocenters. The third-order valence-electron chi connectivity index (χ3n) is 1.52. The zero-order valence-electron chi connectivity index (χ0n) is 8.04. The lowest BCUT2D eigenvalue weighted by molar-refractivity contribution is 0.411. The van der Waals surface area contributed by atoms with Gasteiger partial charge in [0.1, 0.15) is 0 Å². The topological polar surface area (TPSA) is 118 Å². The zero-order valence-corrected chi connectivity index (χ0v) is 8.04. The monoisotopic (exact) mass is 222 g/mol. The highest BCUT2D eigenvalue weighted by Crippen LogP contribution is 2.20. The Balaban J connectivity index is 4.88. The van der Waals surface area contributed by atoms with Crippen LogP contribution in [0.15, 0.2) is 20.0 Å². The van der Waals surface area contributed by atoms with Crippen molar-refractivity contribution in [1.82, 2.24) is 0 Å². The summed E-state index contributed by atoms with van der Waals surface area (Å²) >= 11 is 0. The number of hydrogen-bond acceptors (Lipinski definition) is 8. The molecule has 82 valence electrons. The summed E-state index contributed by atoms with van der Waals surface area (Å²) in [6, 6.07) is 0. The Morgan fingerprint density at radius 1 is 0.812 bits per heavy atom. The summed E-state index contributed by atoms with van der Waals surface area (Å²) in [4.78, 5) is 52.7. The Bertz CT molecular complexity index is 376. The molecule has 0 aromatic carbocycles. The van der Waals surface area contributed by atoms with Crippen molar-refractivity contribution < 1.29 is 19.2 Å². The normalized spacial score (nSPS) is 11.8. The van der Waals surface area contributed by atoms with Crippen LogP contribution in [-0.2, 0) is 19.2 Å². The second-order valence-corrected chi connectivity index (χ2v) is 2.46. The molecule has 0 fully saturated rings. The first kappa shape index (κ1) is 13.5.